The number of aliphatic hydroxyl groups excluding tert-OH is 1. The molecule has 1 fully saturated rings. The number of nitrogens with one attached hydrogen (secondary N) is 4. The maximum absolute atomic E-state index is 11.0. The zero-order chi connectivity index (χ0) is 24.8. The third kappa shape index (κ3) is 3.06. The molecule has 0 aromatic carbocycles. The second-order valence-electron chi connectivity index (χ2n) is 10.8. The van der Waals surface area contributed by atoms with Crippen molar-refractivity contribution in [3.8, 4) is 0 Å². The highest BCUT2D eigenvalue weighted by atomic mass is 16.3. The topological polar surface area (TPSA) is 79.6 Å². The summed E-state index contributed by atoms with van der Waals surface area (Å²) < 4.78 is 0. The molecule has 2 aliphatic heterocycles. The van der Waals surface area contributed by atoms with Gasteiger partial charge < -0.3 is 25.4 Å². The highest BCUT2D eigenvalue weighted by Crippen LogP contribution is 2.37. The summed E-state index contributed by atoms with van der Waals surface area (Å²) in [6, 6.07) is 0.186. The SMILES string of the molecule is CCc1c(C)/c2[nH]/c1=C\c1[nH]c3c(c1C)=C(O)CC=3C1N/C(=C\c3[nH]c(c(C)c3C)\C=2)[C@@H](C)[C@@H]1C. The van der Waals surface area contributed by atoms with E-state index in [1.165, 1.54) is 39.2 Å². The lowest BCUT2D eigenvalue weighted by molar-refractivity contribution is 0.463. The van der Waals surface area contributed by atoms with Crippen LogP contribution in [0.15, 0.2) is 5.70 Å². The third-order valence-corrected chi connectivity index (χ3v) is 9.08. The number of allylic oxidation sites excluding steroid dienone is 1. The first kappa shape index (κ1) is 22.1. The molecule has 0 spiro atoms. The number of fused-ring (bicyclic) bond motifs is 8. The average molecular weight is 469 g/mol. The molecule has 0 saturated carbocycles. The number of aliphatic hydroxyl groups is 1. The van der Waals surface area contributed by atoms with Crippen molar-refractivity contribution in [3.05, 3.63) is 71.9 Å². The molecule has 182 valence electrons. The first-order valence-electron chi connectivity index (χ1n) is 12.9. The Hall–Kier alpha value is -3.34. The molecule has 0 radical (unpaired) electrons. The van der Waals surface area contributed by atoms with Crippen LogP contribution in [0.5, 0.6) is 0 Å². The van der Waals surface area contributed by atoms with Gasteiger partial charge in [0.05, 0.1) is 11.4 Å². The van der Waals surface area contributed by atoms with Gasteiger partial charge in [0.2, 0.25) is 0 Å². The van der Waals surface area contributed by atoms with Crippen molar-refractivity contribution in [2.45, 2.75) is 67.3 Å². The maximum atomic E-state index is 11.0. The Morgan fingerprint density at radius 2 is 1.49 bits per heavy atom. The van der Waals surface area contributed by atoms with Gasteiger partial charge in [-0.3, -0.25) is 0 Å². The number of hydrogen-bond donors (Lipinski definition) is 5. The molecule has 1 unspecified atom stereocenters. The summed E-state index contributed by atoms with van der Waals surface area (Å²) in [6.07, 6.45) is 8.35. The molecule has 5 heteroatoms. The van der Waals surface area contributed by atoms with E-state index in [1.807, 2.05) is 0 Å². The van der Waals surface area contributed by atoms with Crippen LogP contribution in [0.2, 0.25) is 0 Å². The summed E-state index contributed by atoms with van der Waals surface area (Å²) >= 11 is 0. The Kier molecular flexibility index (Phi) is 4.79. The van der Waals surface area contributed by atoms with Gasteiger partial charge in [0.15, 0.2) is 0 Å². The second kappa shape index (κ2) is 7.58. The molecule has 0 amide bonds. The highest BCUT2D eigenvalue weighted by Gasteiger charge is 2.38. The van der Waals surface area contributed by atoms with E-state index in [4.69, 9.17) is 0 Å². The van der Waals surface area contributed by atoms with Gasteiger partial charge in [-0.2, -0.15) is 0 Å². The highest BCUT2D eigenvalue weighted by molar-refractivity contribution is 5.71. The molecule has 35 heavy (non-hydrogen) atoms. The van der Waals surface area contributed by atoms with E-state index in [0.29, 0.717) is 24.0 Å². The van der Waals surface area contributed by atoms with E-state index < -0.39 is 0 Å². The van der Waals surface area contributed by atoms with E-state index in [2.05, 4.69) is 87.0 Å². The Morgan fingerprint density at radius 1 is 0.829 bits per heavy atom. The van der Waals surface area contributed by atoms with E-state index in [-0.39, 0.29) is 6.04 Å². The lowest BCUT2D eigenvalue weighted by atomic mass is 9.88. The van der Waals surface area contributed by atoms with Crippen LogP contribution in [-0.4, -0.2) is 26.1 Å². The van der Waals surface area contributed by atoms with E-state index in [9.17, 15) is 5.11 Å². The number of aromatic nitrogens is 3. The predicted molar refractivity (Wildman–Crippen MR) is 144 cm³/mol. The Balaban J connectivity index is 1.73. The minimum absolute atomic E-state index is 0.186. The zero-order valence-electron chi connectivity index (χ0n) is 21.8. The summed E-state index contributed by atoms with van der Waals surface area (Å²) in [7, 11) is 0. The lowest BCUT2D eigenvalue weighted by Crippen LogP contribution is -2.33. The second-order valence-corrected chi connectivity index (χ2v) is 10.8. The molecule has 3 aromatic rings. The van der Waals surface area contributed by atoms with Gasteiger partial charge in [-0.1, -0.05) is 20.8 Å². The molecule has 5 nitrogen and oxygen atoms in total. The van der Waals surface area contributed by atoms with E-state index >= 15 is 0 Å². The maximum Gasteiger partial charge on any atom is 0.106 e. The summed E-state index contributed by atoms with van der Waals surface area (Å²) in [5.41, 5.74) is 12.2. The van der Waals surface area contributed by atoms with Crippen LogP contribution >= 0.6 is 0 Å². The summed E-state index contributed by atoms with van der Waals surface area (Å²) in [5.74, 6) is 1.30. The zero-order valence-corrected chi connectivity index (χ0v) is 21.8. The Bertz CT molecular complexity index is 1670. The molecule has 6 rings (SSSR count). The monoisotopic (exact) mass is 468 g/mol. The fourth-order valence-corrected chi connectivity index (χ4v) is 6.44. The molecule has 5 N–H and O–H groups in total. The third-order valence-electron chi connectivity index (χ3n) is 9.08. The summed E-state index contributed by atoms with van der Waals surface area (Å²) in [4.78, 5) is 11.1. The van der Waals surface area contributed by atoms with Crippen molar-refractivity contribution in [1.29, 1.82) is 0 Å². The molecule has 3 aromatic heterocycles. The molecule has 3 atom stereocenters. The van der Waals surface area contributed by atoms with Crippen LogP contribution in [0.4, 0.5) is 0 Å². The molecular weight excluding hydrogens is 432 g/mol. The van der Waals surface area contributed by atoms with Gasteiger partial charge in [-0.25, -0.2) is 0 Å². The van der Waals surface area contributed by atoms with Gasteiger partial charge in [-0.15, -0.1) is 0 Å². The first-order valence-corrected chi connectivity index (χ1v) is 12.9. The minimum atomic E-state index is 0.186. The van der Waals surface area contributed by atoms with Crippen molar-refractivity contribution < 1.29 is 5.11 Å². The van der Waals surface area contributed by atoms with Crippen molar-refractivity contribution >= 4 is 29.6 Å². The van der Waals surface area contributed by atoms with Crippen LogP contribution in [0.1, 0.15) is 72.1 Å². The number of hydrogen-bond acceptors (Lipinski definition) is 2. The molecular formula is C30H36N4O. The van der Waals surface area contributed by atoms with Crippen LogP contribution in [0, 0.1) is 39.5 Å². The van der Waals surface area contributed by atoms with Crippen LogP contribution in [0.25, 0.3) is 29.6 Å². The van der Waals surface area contributed by atoms with Crippen molar-refractivity contribution in [1.82, 2.24) is 20.3 Å². The van der Waals surface area contributed by atoms with Crippen molar-refractivity contribution in [3.63, 3.8) is 0 Å². The molecule has 3 aliphatic rings. The number of H-pyrrole nitrogens is 3. The van der Waals surface area contributed by atoms with Crippen molar-refractivity contribution in [2.75, 3.05) is 0 Å². The van der Waals surface area contributed by atoms with Crippen molar-refractivity contribution in [2.24, 2.45) is 11.8 Å². The normalized spacial score (nSPS) is 26.1. The summed E-state index contributed by atoms with van der Waals surface area (Å²) in [6.45, 7) is 15.6. The molecule has 1 saturated heterocycles. The quantitative estimate of drug-likeness (QED) is 0.381. The minimum Gasteiger partial charge on any atom is -0.511 e. The predicted octanol–water partition coefficient (Wildman–Crippen LogP) is 2.94. The largest absolute Gasteiger partial charge is 0.511 e. The van der Waals surface area contributed by atoms with E-state index in [1.54, 1.807) is 0 Å². The number of rotatable bonds is 1. The first-order chi connectivity index (χ1) is 16.7. The van der Waals surface area contributed by atoms with Crippen LogP contribution < -0.4 is 26.6 Å². The average Bonchev–Trinajstić information content (AvgIpc) is 3.55. The summed E-state index contributed by atoms with van der Waals surface area (Å²) in [5, 5.41) is 19.2. The Morgan fingerprint density at radius 3 is 2.20 bits per heavy atom. The van der Waals surface area contributed by atoms with Gasteiger partial charge in [0.1, 0.15) is 5.76 Å². The molecule has 8 bridgehead atoms. The fraction of sp³-hybridized carbons (Fsp3) is 0.400. The van der Waals surface area contributed by atoms with Crippen LogP contribution in [-0.2, 0) is 6.42 Å². The van der Waals surface area contributed by atoms with Crippen LogP contribution in [0.3, 0.4) is 0 Å². The van der Waals surface area contributed by atoms with E-state index in [0.717, 1.165) is 44.6 Å². The number of aromatic amines is 3. The van der Waals surface area contributed by atoms with Gasteiger partial charge in [0, 0.05) is 51.0 Å². The van der Waals surface area contributed by atoms with Gasteiger partial charge >= 0.3 is 0 Å². The lowest BCUT2D eigenvalue weighted by Gasteiger charge is -2.18. The smallest absolute Gasteiger partial charge is 0.106 e. The van der Waals surface area contributed by atoms with Gasteiger partial charge in [-0.05, 0) is 91.7 Å². The Labute approximate surface area is 206 Å². The molecule has 5 heterocycles. The van der Waals surface area contributed by atoms with Gasteiger partial charge in [0.25, 0.3) is 0 Å². The fourth-order valence-electron chi connectivity index (χ4n) is 6.44. The molecule has 1 aliphatic carbocycles. The standard InChI is InChI=1S/C30H36N4O/c1-8-19-17(6)24-11-22-14(3)13(2)21(31-22)10-23-15(4)16(5)29(33-23)20-9-27(35)28-18(7)25(34-30(20)28)12-26(19)32-24/h10-12,15-16,29,31-35H,8-9H2,1-7H3/b23-10-,24-11-,26-12-/t15-,16-,29?/m0/s1.